The number of para-hydroxylation sites is 1. The predicted molar refractivity (Wildman–Crippen MR) is 145 cm³/mol. The molecule has 0 radical (unpaired) electrons. The Kier molecular flexibility index (Phi) is 7.68. The van der Waals surface area contributed by atoms with Gasteiger partial charge in [0, 0.05) is 21.8 Å². The van der Waals surface area contributed by atoms with Gasteiger partial charge in [0.2, 0.25) is 5.91 Å². The molecule has 0 spiro atoms. The van der Waals surface area contributed by atoms with Gasteiger partial charge in [-0.15, -0.1) is 11.8 Å². The Morgan fingerprint density at radius 1 is 0.657 bits per heavy atom. The number of carbonyl (C=O) groups excluding carboxylic acids is 2. The maximum atomic E-state index is 13.4. The van der Waals surface area contributed by atoms with E-state index in [9.17, 15) is 9.59 Å². The molecule has 0 bridgehead atoms. The van der Waals surface area contributed by atoms with Crippen LogP contribution in [-0.2, 0) is 4.79 Å². The minimum atomic E-state index is -0.428. The Hall–Kier alpha value is -3.83. The Balaban J connectivity index is 1.52. The summed E-state index contributed by atoms with van der Waals surface area (Å²) in [6.45, 7) is 5.91. The fourth-order valence-corrected chi connectivity index (χ4v) is 4.90. The minimum Gasteiger partial charge on any atom is -0.324 e. The lowest BCUT2D eigenvalue weighted by Crippen LogP contribution is -2.20. The average Bonchev–Trinajstić information content (AvgIpc) is 2.86. The van der Waals surface area contributed by atoms with E-state index in [0.29, 0.717) is 11.3 Å². The smallest absolute Gasteiger partial charge is 0.255 e. The first-order chi connectivity index (χ1) is 16.9. The van der Waals surface area contributed by atoms with E-state index in [1.807, 2.05) is 118 Å². The molecule has 4 rings (SSSR count). The van der Waals surface area contributed by atoms with E-state index in [4.69, 9.17) is 0 Å². The topological polar surface area (TPSA) is 58.2 Å². The highest BCUT2D eigenvalue weighted by Crippen LogP contribution is 2.37. The van der Waals surface area contributed by atoms with Crippen molar-refractivity contribution in [2.24, 2.45) is 0 Å². The second kappa shape index (κ2) is 11.1. The number of benzene rings is 4. The third kappa shape index (κ3) is 6.00. The van der Waals surface area contributed by atoms with Crippen molar-refractivity contribution in [3.63, 3.8) is 0 Å². The van der Waals surface area contributed by atoms with E-state index in [-0.39, 0.29) is 11.8 Å². The van der Waals surface area contributed by atoms with Crippen LogP contribution in [0.4, 0.5) is 11.4 Å². The Bertz CT molecular complexity index is 1310. The summed E-state index contributed by atoms with van der Waals surface area (Å²) < 4.78 is 0. The summed E-state index contributed by atoms with van der Waals surface area (Å²) >= 11 is 1.48. The second-order valence-corrected chi connectivity index (χ2v) is 9.64. The second-order valence-electron chi connectivity index (χ2n) is 8.46. The summed E-state index contributed by atoms with van der Waals surface area (Å²) in [5.74, 6) is -0.214. The fraction of sp³-hybridized carbons (Fsp3) is 0.133. The van der Waals surface area contributed by atoms with Crippen molar-refractivity contribution in [1.29, 1.82) is 0 Å². The van der Waals surface area contributed by atoms with Gasteiger partial charge < -0.3 is 10.6 Å². The van der Waals surface area contributed by atoms with E-state index < -0.39 is 5.25 Å². The van der Waals surface area contributed by atoms with Crippen LogP contribution < -0.4 is 10.6 Å². The van der Waals surface area contributed by atoms with Crippen molar-refractivity contribution in [2.45, 2.75) is 30.9 Å². The normalized spacial score (nSPS) is 11.5. The van der Waals surface area contributed by atoms with Gasteiger partial charge in [-0.05, 0) is 73.4 Å². The molecule has 0 aliphatic rings. The van der Waals surface area contributed by atoms with Crippen LogP contribution in [0.1, 0.15) is 37.9 Å². The van der Waals surface area contributed by atoms with Crippen LogP contribution in [-0.4, -0.2) is 11.8 Å². The summed E-state index contributed by atoms with van der Waals surface area (Å²) in [5, 5.41) is 5.67. The number of anilines is 2. The molecule has 4 aromatic rings. The van der Waals surface area contributed by atoms with Gasteiger partial charge in [-0.3, -0.25) is 9.59 Å². The molecule has 0 saturated heterocycles. The maximum absolute atomic E-state index is 13.4. The van der Waals surface area contributed by atoms with E-state index in [0.717, 1.165) is 32.8 Å². The third-order valence-electron chi connectivity index (χ3n) is 5.83. The Morgan fingerprint density at radius 3 is 1.91 bits per heavy atom. The third-order valence-corrected chi connectivity index (χ3v) is 7.09. The Morgan fingerprint density at radius 2 is 1.26 bits per heavy atom. The largest absolute Gasteiger partial charge is 0.324 e. The standard InChI is InChI=1S/C30H28N2O2S/c1-20-10-7-8-15-26(20)29(33)31-24-16-18-25(19-17-24)35-28(23-13-5-4-6-14-23)30(34)32-27-21(2)11-9-12-22(27)3/h4-19,28H,1-3H3,(H,31,33)(H,32,34). The van der Waals surface area contributed by atoms with Gasteiger partial charge in [-0.2, -0.15) is 0 Å². The highest BCUT2D eigenvalue weighted by molar-refractivity contribution is 8.00. The van der Waals surface area contributed by atoms with E-state index in [2.05, 4.69) is 10.6 Å². The molecule has 0 heterocycles. The van der Waals surface area contributed by atoms with Gasteiger partial charge in [0.05, 0.1) is 0 Å². The molecule has 0 fully saturated rings. The summed E-state index contributed by atoms with van der Waals surface area (Å²) in [6, 6.07) is 30.9. The molecule has 4 aromatic carbocycles. The molecule has 176 valence electrons. The number of thioether (sulfide) groups is 1. The van der Waals surface area contributed by atoms with Crippen molar-refractivity contribution < 1.29 is 9.59 Å². The first kappa shape index (κ1) is 24.3. The molecule has 1 unspecified atom stereocenters. The zero-order valence-corrected chi connectivity index (χ0v) is 20.9. The molecular weight excluding hydrogens is 452 g/mol. The average molecular weight is 481 g/mol. The van der Waals surface area contributed by atoms with Crippen LogP contribution in [0.15, 0.2) is 102 Å². The number of aryl methyl sites for hydroxylation is 3. The van der Waals surface area contributed by atoms with Gasteiger partial charge in [-0.1, -0.05) is 66.7 Å². The maximum Gasteiger partial charge on any atom is 0.255 e. The molecule has 1 atom stereocenters. The van der Waals surface area contributed by atoms with Crippen molar-refractivity contribution >= 4 is 35.0 Å². The van der Waals surface area contributed by atoms with Crippen molar-refractivity contribution in [1.82, 2.24) is 0 Å². The molecule has 2 N–H and O–H groups in total. The number of amides is 2. The van der Waals surface area contributed by atoms with Gasteiger partial charge in [0.1, 0.15) is 5.25 Å². The van der Waals surface area contributed by atoms with Gasteiger partial charge in [0.25, 0.3) is 5.91 Å². The molecule has 4 nitrogen and oxygen atoms in total. The lowest BCUT2D eigenvalue weighted by Gasteiger charge is -2.19. The molecule has 0 aromatic heterocycles. The van der Waals surface area contributed by atoms with Crippen LogP contribution in [0.2, 0.25) is 0 Å². The number of nitrogens with one attached hydrogen (secondary N) is 2. The highest BCUT2D eigenvalue weighted by atomic mass is 32.2. The van der Waals surface area contributed by atoms with Gasteiger partial charge in [0.15, 0.2) is 0 Å². The highest BCUT2D eigenvalue weighted by Gasteiger charge is 2.23. The summed E-state index contributed by atoms with van der Waals surface area (Å²) in [7, 11) is 0. The summed E-state index contributed by atoms with van der Waals surface area (Å²) in [4.78, 5) is 27.0. The van der Waals surface area contributed by atoms with Crippen LogP contribution >= 0.6 is 11.8 Å². The number of carbonyl (C=O) groups is 2. The van der Waals surface area contributed by atoms with Crippen LogP contribution in [0.25, 0.3) is 0 Å². The van der Waals surface area contributed by atoms with E-state index in [1.165, 1.54) is 11.8 Å². The first-order valence-electron chi connectivity index (χ1n) is 11.5. The first-order valence-corrected chi connectivity index (χ1v) is 12.4. The van der Waals surface area contributed by atoms with Gasteiger partial charge in [-0.25, -0.2) is 0 Å². The van der Waals surface area contributed by atoms with E-state index >= 15 is 0 Å². The lowest BCUT2D eigenvalue weighted by molar-refractivity contribution is -0.115. The van der Waals surface area contributed by atoms with Crippen molar-refractivity contribution in [3.8, 4) is 0 Å². The molecule has 5 heteroatoms. The Labute approximate surface area is 210 Å². The zero-order chi connectivity index (χ0) is 24.8. The fourth-order valence-electron chi connectivity index (χ4n) is 3.88. The van der Waals surface area contributed by atoms with Crippen LogP contribution in [0.3, 0.4) is 0 Å². The molecule has 35 heavy (non-hydrogen) atoms. The summed E-state index contributed by atoms with van der Waals surface area (Å²) in [5.41, 5.74) is 6.13. The molecule has 2 amide bonds. The van der Waals surface area contributed by atoms with Crippen LogP contribution in [0, 0.1) is 20.8 Å². The lowest BCUT2D eigenvalue weighted by atomic mass is 10.1. The number of hydrogen-bond donors (Lipinski definition) is 2. The van der Waals surface area contributed by atoms with Crippen molar-refractivity contribution in [3.05, 3.63) is 125 Å². The van der Waals surface area contributed by atoms with E-state index in [1.54, 1.807) is 0 Å². The monoisotopic (exact) mass is 480 g/mol. The minimum absolute atomic E-state index is 0.0736. The molecule has 0 aliphatic heterocycles. The summed E-state index contributed by atoms with van der Waals surface area (Å²) in [6.07, 6.45) is 0. The number of hydrogen-bond acceptors (Lipinski definition) is 3. The number of rotatable bonds is 7. The predicted octanol–water partition coefficient (Wildman–Crippen LogP) is 7.34. The SMILES string of the molecule is Cc1ccccc1C(=O)Nc1ccc(SC(C(=O)Nc2c(C)cccc2C)c2ccccc2)cc1. The molecule has 0 saturated carbocycles. The zero-order valence-electron chi connectivity index (χ0n) is 20.0. The molecule has 0 aliphatic carbocycles. The van der Waals surface area contributed by atoms with Crippen molar-refractivity contribution in [2.75, 3.05) is 10.6 Å². The van der Waals surface area contributed by atoms with Crippen LogP contribution in [0.5, 0.6) is 0 Å². The quantitative estimate of drug-likeness (QED) is 0.272. The molecular formula is C30H28N2O2S. The van der Waals surface area contributed by atoms with Gasteiger partial charge >= 0.3 is 0 Å².